The number of likely N-dealkylation sites (tertiary alicyclic amines) is 1. The number of hydrogen-bond acceptors (Lipinski definition) is 2. The smallest absolute Gasteiger partial charge is 0.408 e. The first-order valence-corrected chi connectivity index (χ1v) is 3.15. The van der Waals surface area contributed by atoms with Crippen molar-refractivity contribution in [2.45, 2.75) is 18.9 Å². The zero-order valence-electron chi connectivity index (χ0n) is 5.45. The zero-order valence-corrected chi connectivity index (χ0v) is 5.45. The topological polar surface area (TPSA) is 64.3 Å². The Bertz CT molecular complexity index is 185. The predicted octanol–water partition coefficient (Wildman–Crippen LogP) is 0.652. The summed E-state index contributed by atoms with van der Waals surface area (Å²) in [6, 6.07) is 1.54. The van der Waals surface area contributed by atoms with Gasteiger partial charge >= 0.3 is 6.09 Å². The van der Waals surface area contributed by atoms with Gasteiger partial charge in [-0.05, 0) is 12.8 Å². The maximum absolute atomic E-state index is 10.3. The summed E-state index contributed by atoms with van der Waals surface area (Å²) in [6.45, 7) is 0.508. The molecule has 0 aromatic rings. The van der Waals surface area contributed by atoms with Crippen LogP contribution in [0.5, 0.6) is 0 Å². The summed E-state index contributed by atoms with van der Waals surface area (Å²) in [5.41, 5.74) is 0. The van der Waals surface area contributed by atoms with Crippen LogP contribution in [0.25, 0.3) is 0 Å². The quantitative estimate of drug-likeness (QED) is 0.537. The molecule has 1 aliphatic heterocycles. The Morgan fingerprint density at radius 3 is 2.90 bits per heavy atom. The Morgan fingerprint density at radius 2 is 2.50 bits per heavy atom. The molecule has 4 nitrogen and oxygen atoms in total. The van der Waals surface area contributed by atoms with Crippen LogP contribution in [0.3, 0.4) is 0 Å². The Hall–Kier alpha value is -1.24. The molecule has 1 N–H and O–H groups in total. The van der Waals surface area contributed by atoms with Gasteiger partial charge in [0.05, 0.1) is 6.07 Å². The van der Waals surface area contributed by atoms with Crippen LogP contribution >= 0.6 is 0 Å². The fourth-order valence-corrected chi connectivity index (χ4v) is 1.13. The van der Waals surface area contributed by atoms with Gasteiger partial charge in [-0.2, -0.15) is 5.26 Å². The molecule has 1 fully saturated rings. The fraction of sp³-hybridized carbons (Fsp3) is 0.667. The van der Waals surface area contributed by atoms with Crippen molar-refractivity contribution in [1.29, 1.82) is 5.26 Å². The predicted molar refractivity (Wildman–Crippen MR) is 33.4 cm³/mol. The van der Waals surface area contributed by atoms with Gasteiger partial charge in [0.2, 0.25) is 0 Å². The summed E-state index contributed by atoms with van der Waals surface area (Å²) in [5.74, 6) is 0. The minimum Gasteiger partial charge on any atom is -0.465 e. The van der Waals surface area contributed by atoms with E-state index in [9.17, 15) is 4.79 Å². The highest BCUT2D eigenvalue weighted by atomic mass is 16.4. The van der Waals surface area contributed by atoms with E-state index in [2.05, 4.69) is 0 Å². The number of nitriles is 1. The van der Waals surface area contributed by atoms with Gasteiger partial charge in [-0.15, -0.1) is 0 Å². The van der Waals surface area contributed by atoms with Crippen LogP contribution in [0, 0.1) is 11.3 Å². The molecule has 1 rings (SSSR count). The van der Waals surface area contributed by atoms with Gasteiger partial charge in [-0.3, -0.25) is 4.90 Å². The minimum absolute atomic E-state index is 0.405. The van der Waals surface area contributed by atoms with Gasteiger partial charge in [-0.25, -0.2) is 4.79 Å². The van der Waals surface area contributed by atoms with E-state index in [1.54, 1.807) is 0 Å². The van der Waals surface area contributed by atoms with Gasteiger partial charge in [-0.1, -0.05) is 0 Å². The molecule has 1 amide bonds. The van der Waals surface area contributed by atoms with E-state index in [-0.39, 0.29) is 0 Å². The van der Waals surface area contributed by atoms with Crippen LogP contribution < -0.4 is 0 Å². The lowest BCUT2D eigenvalue weighted by Gasteiger charge is -2.13. The molecular weight excluding hydrogens is 132 g/mol. The highest BCUT2D eigenvalue weighted by Crippen LogP contribution is 2.15. The van der Waals surface area contributed by atoms with Crippen LogP contribution in [0.2, 0.25) is 0 Å². The van der Waals surface area contributed by atoms with E-state index in [0.717, 1.165) is 6.42 Å². The molecule has 1 aliphatic rings. The van der Waals surface area contributed by atoms with Crippen LogP contribution in [-0.2, 0) is 0 Å². The van der Waals surface area contributed by atoms with Crippen LogP contribution in [-0.4, -0.2) is 28.7 Å². The summed E-state index contributed by atoms with van der Waals surface area (Å²) in [5, 5.41) is 16.9. The number of carboxylic acid groups (broad SMARTS) is 1. The maximum Gasteiger partial charge on any atom is 0.408 e. The van der Waals surface area contributed by atoms with Crippen molar-refractivity contribution in [2.24, 2.45) is 0 Å². The first kappa shape index (κ1) is 6.87. The summed E-state index contributed by atoms with van der Waals surface area (Å²) in [4.78, 5) is 11.5. The minimum atomic E-state index is -0.982. The van der Waals surface area contributed by atoms with Crippen molar-refractivity contribution in [3.05, 3.63) is 0 Å². The Morgan fingerprint density at radius 1 is 1.80 bits per heavy atom. The maximum atomic E-state index is 10.3. The molecule has 4 heteroatoms. The normalized spacial score (nSPS) is 24.3. The molecule has 0 aromatic heterocycles. The third-order valence-electron chi connectivity index (χ3n) is 1.65. The van der Waals surface area contributed by atoms with Crippen molar-refractivity contribution in [2.75, 3.05) is 6.54 Å². The molecule has 0 saturated carbocycles. The van der Waals surface area contributed by atoms with E-state index in [0.29, 0.717) is 13.0 Å². The molecule has 1 heterocycles. The number of rotatable bonds is 0. The number of carbonyl (C=O) groups is 1. The Labute approximate surface area is 58.7 Å². The second-order valence-electron chi connectivity index (χ2n) is 2.26. The average molecular weight is 140 g/mol. The third-order valence-corrected chi connectivity index (χ3v) is 1.65. The third kappa shape index (κ3) is 1.03. The van der Waals surface area contributed by atoms with E-state index >= 15 is 0 Å². The highest BCUT2D eigenvalue weighted by molar-refractivity contribution is 5.66. The van der Waals surface area contributed by atoms with Gasteiger partial charge < -0.3 is 5.11 Å². The van der Waals surface area contributed by atoms with Crippen LogP contribution in [0.1, 0.15) is 12.8 Å². The SMILES string of the molecule is N#CC1CCCN1C(=O)O. The molecule has 0 aliphatic carbocycles. The molecular formula is C6H8N2O2. The van der Waals surface area contributed by atoms with Gasteiger partial charge in [0.25, 0.3) is 0 Å². The molecule has 1 saturated heterocycles. The van der Waals surface area contributed by atoms with Crippen LogP contribution in [0.15, 0.2) is 0 Å². The first-order valence-electron chi connectivity index (χ1n) is 3.15. The van der Waals surface area contributed by atoms with E-state index in [1.165, 1.54) is 4.90 Å². The Balaban J connectivity index is 2.61. The first-order chi connectivity index (χ1) is 4.75. The average Bonchev–Trinajstić information content (AvgIpc) is 2.33. The second-order valence-corrected chi connectivity index (χ2v) is 2.26. The zero-order chi connectivity index (χ0) is 7.56. The molecule has 0 radical (unpaired) electrons. The molecule has 54 valence electrons. The molecule has 0 spiro atoms. The largest absolute Gasteiger partial charge is 0.465 e. The molecule has 1 unspecified atom stereocenters. The lowest BCUT2D eigenvalue weighted by atomic mass is 10.2. The van der Waals surface area contributed by atoms with Crippen molar-refractivity contribution < 1.29 is 9.90 Å². The van der Waals surface area contributed by atoms with E-state index in [1.807, 2.05) is 6.07 Å². The van der Waals surface area contributed by atoms with E-state index in [4.69, 9.17) is 10.4 Å². The van der Waals surface area contributed by atoms with Crippen molar-refractivity contribution in [3.8, 4) is 6.07 Å². The second kappa shape index (κ2) is 2.56. The van der Waals surface area contributed by atoms with Crippen molar-refractivity contribution >= 4 is 6.09 Å². The monoisotopic (exact) mass is 140 g/mol. The summed E-state index contributed by atoms with van der Waals surface area (Å²) < 4.78 is 0. The summed E-state index contributed by atoms with van der Waals surface area (Å²) in [7, 11) is 0. The number of amides is 1. The lowest BCUT2D eigenvalue weighted by Crippen LogP contribution is -2.32. The standard InChI is InChI=1S/C6H8N2O2/c7-4-5-2-1-3-8(5)6(9)10/h5H,1-3H2,(H,9,10). The van der Waals surface area contributed by atoms with Gasteiger partial charge in [0.15, 0.2) is 0 Å². The molecule has 1 atom stereocenters. The highest BCUT2D eigenvalue weighted by Gasteiger charge is 2.27. The fourth-order valence-electron chi connectivity index (χ4n) is 1.13. The summed E-state index contributed by atoms with van der Waals surface area (Å²) >= 11 is 0. The molecule has 0 aromatic carbocycles. The Kier molecular flexibility index (Phi) is 1.76. The number of nitrogens with zero attached hydrogens (tertiary/aromatic N) is 2. The van der Waals surface area contributed by atoms with Crippen LogP contribution in [0.4, 0.5) is 4.79 Å². The van der Waals surface area contributed by atoms with E-state index < -0.39 is 12.1 Å². The molecule has 0 bridgehead atoms. The van der Waals surface area contributed by atoms with Crippen molar-refractivity contribution in [3.63, 3.8) is 0 Å². The number of hydrogen-bond donors (Lipinski definition) is 1. The molecule has 10 heavy (non-hydrogen) atoms. The van der Waals surface area contributed by atoms with Crippen molar-refractivity contribution in [1.82, 2.24) is 4.90 Å². The lowest BCUT2D eigenvalue weighted by molar-refractivity contribution is 0.148. The van der Waals surface area contributed by atoms with Gasteiger partial charge in [0, 0.05) is 6.54 Å². The summed E-state index contributed by atoms with van der Waals surface area (Å²) in [6.07, 6.45) is 0.511. The van der Waals surface area contributed by atoms with Gasteiger partial charge in [0.1, 0.15) is 6.04 Å².